The summed E-state index contributed by atoms with van der Waals surface area (Å²) in [6.45, 7) is 0. The molecule has 0 bridgehead atoms. The summed E-state index contributed by atoms with van der Waals surface area (Å²) in [7, 11) is 0. The fraction of sp³-hybridized carbons (Fsp3) is 0. The highest BCUT2D eigenvalue weighted by molar-refractivity contribution is 7.26. The Morgan fingerprint density at radius 3 is 1.85 bits per heavy atom. The molecule has 0 radical (unpaired) electrons. The Kier molecular flexibility index (Phi) is 6.97. The molecule has 252 valence electrons. The fourth-order valence-electron chi connectivity index (χ4n) is 7.54. The summed E-state index contributed by atoms with van der Waals surface area (Å²) >= 11 is 1.79. The summed E-state index contributed by atoms with van der Waals surface area (Å²) < 4.78 is 8.63. The molecule has 0 spiro atoms. The number of rotatable bonds is 5. The number of hydrogen-bond donors (Lipinski definition) is 0. The number of fused-ring (bicyclic) bond motifs is 7. The van der Waals surface area contributed by atoms with Crippen molar-refractivity contribution >= 4 is 64.2 Å². The van der Waals surface area contributed by atoms with Crippen molar-refractivity contribution in [2.24, 2.45) is 0 Å². The lowest BCUT2D eigenvalue weighted by Crippen LogP contribution is -2.00. The van der Waals surface area contributed by atoms with Gasteiger partial charge in [-0.05, 0) is 75.1 Å². The number of oxazole rings is 1. The normalized spacial score (nSPS) is 11.7. The summed E-state index contributed by atoms with van der Waals surface area (Å²) in [5.41, 5.74) is 7.82. The molecule has 3 heterocycles. The molecule has 0 amide bonds. The summed E-state index contributed by atoms with van der Waals surface area (Å²) in [6.07, 6.45) is 0. The number of hydrogen-bond acceptors (Lipinski definition) is 6. The van der Waals surface area contributed by atoms with Gasteiger partial charge in [0.2, 0.25) is 5.89 Å². The van der Waals surface area contributed by atoms with Crippen molar-refractivity contribution in [1.82, 2.24) is 19.9 Å². The van der Waals surface area contributed by atoms with Gasteiger partial charge in [0.05, 0.1) is 0 Å². The van der Waals surface area contributed by atoms with Crippen molar-refractivity contribution in [3.05, 3.63) is 170 Å². The Balaban J connectivity index is 1.05. The van der Waals surface area contributed by atoms with Gasteiger partial charge in [0.1, 0.15) is 5.52 Å². The highest BCUT2D eigenvalue weighted by Crippen LogP contribution is 2.43. The second-order valence-corrected chi connectivity index (χ2v) is 14.5. The molecule has 11 rings (SSSR count). The van der Waals surface area contributed by atoms with Crippen LogP contribution in [0, 0.1) is 0 Å². The first-order valence-electron chi connectivity index (χ1n) is 17.9. The Morgan fingerprint density at radius 2 is 1.04 bits per heavy atom. The lowest BCUT2D eigenvalue weighted by Gasteiger charge is -2.13. The van der Waals surface area contributed by atoms with Crippen LogP contribution in [0.4, 0.5) is 0 Å². The van der Waals surface area contributed by atoms with Gasteiger partial charge in [-0.2, -0.15) is 0 Å². The minimum atomic E-state index is 0.638. The molecule has 5 nitrogen and oxygen atoms in total. The van der Waals surface area contributed by atoms with Crippen LogP contribution in [0.1, 0.15) is 0 Å². The van der Waals surface area contributed by atoms with Gasteiger partial charge in [0.15, 0.2) is 23.1 Å². The summed E-state index contributed by atoms with van der Waals surface area (Å²) in [4.78, 5) is 20.2. The van der Waals surface area contributed by atoms with Crippen LogP contribution in [-0.4, -0.2) is 19.9 Å². The number of nitrogens with zero attached hydrogens (tertiary/aromatic N) is 4. The van der Waals surface area contributed by atoms with Crippen LogP contribution in [0.5, 0.6) is 0 Å². The predicted octanol–water partition coefficient (Wildman–Crippen LogP) is 13.0. The molecule has 6 heteroatoms. The largest absolute Gasteiger partial charge is 0.436 e. The average molecular weight is 709 g/mol. The van der Waals surface area contributed by atoms with Crippen LogP contribution < -0.4 is 0 Å². The second-order valence-electron chi connectivity index (χ2n) is 13.4. The minimum absolute atomic E-state index is 0.638. The van der Waals surface area contributed by atoms with Crippen LogP contribution in [-0.2, 0) is 0 Å². The highest BCUT2D eigenvalue weighted by Gasteiger charge is 2.19. The zero-order valence-electron chi connectivity index (χ0n) is 28.8. The Labute approximate surface area is 313 Å². The van der Waals surface area contributed by atoms with Crippen molar-refractivity contribution in [1.29, 1.82) is 0 Å². The standard InChI is InChI=1S/C48H28N4OS/c1-3-12-30(13-4-1)45-50-46(34-20-19-29-11-7-8-16-32(29)27-34)52-47(51-45)38-24-23-35(36-17-9-10-18-37(36)38)33-21-22-39-42(28-33)54-41-26-25-40-44(43(39)41)49-48(53-40)31-14-5-2-6-15-31/h1-28H. The summed E-state index contributed by atoms with van der Waals surface area (Å²) in [5, 5.41) is 6.85. The molecule has 8 aromatic carbocycles. The first-order chi connectivity index (χ1) is 26.7. The Bertz CT molecular complexity index is 3220. The summed E-state index contributed by atoms with van der Waals surface area (Å²) in [6, 6.07) is 58.8. The fourth-order valence-corrected chi connectivity index (χ4v) is 8.69. The molecule has 0 aliphatic heterocycles. The third-order valence-corrected chi connectivity index (χ3v) is 11.3. The van der Waals surface area contributed by atoms with E-state index in [0.717, 1.165) is 66.0 Å². The number of benzene rings is 8. The summed E-state index contributed by atoms with van der Waals surface area (Å²) in [5.74, 6) is 2.56. The van der Waals surface area contributed by atoms with Crippen molar-refractivity contribution in [3.63, 3.8) is 0 Å². The van der Waals surface area contributed by atoms with Gasteiger partial charge < -0.3 is 4.42 Å². The van der Waals surface area contributed by atoms with E-state index < -0.39 is 0 Å². The van der Waals surface area contributed by atoms with Crippen LogP contribution in [0.25, 0.3) is 110 Å². The molecule has 0 N–H and O–H groups in total. The molecule has 54 heavy (non-hydrogen) atoms. The maximum Gasteiger partial charge on any atom is 0.227 e. The van der Waals surface area contributed by atoms with E-state index in [4.69, 9.17) is 24.4 Å². The van der Waals surface area contributed by atoms with Crippen LogP contribution in [0.2, 0.25) is 0 Å². The maximum absolute atomic E-state index is 6.23. The maximum atomic E-state index is 6.23. The highest BCUT2D eigenvalue weighted by atomic mass is 32.1. The van der Waals surface area contributed by atoms with Crippen LogP contribution in [0.15, 0.2) is 174 Å². The van der Waals surface area contributed by atoms with Crippen molar-refractivity contribution in [3.8, 4) is 56.7 Å². The third kappa shape index (κ3) is 5.07. The molecule has 0 atom stereocenters. The zero-order valence-corrected chi connectivity index (χ0v) is 29.6. The van der Waals surface area contributed by atoms with Gasteiger partial charge in [0, 0.05) is 42.4 Å². The lowest BCUT2D eigenvalue weighted by molar-refractivity contribution is 0.620. The van der Waals surface area contributed by atoms with Gasteiger partial charge in [-0.15, -0.1) is 11.3 Å². The molecule has 0 fully saturated rings. The first-order valence-corrected chi connectivity index (χ1v) is 18.7. The van der Waals surface area contributed by atoms with Gasteiger partial charge in [0.25, 0.3) is 0 Å². The Hall–Kier alpha value is -7.02. The lowest BCUT2D eigenvalue weighted by atomic mass is 9.94. The van der Waals surface area contributed by atoms with Crippen molar-refractivity contribution < 1.29 is 4.42 Å². The molecule has 0 aliphatic rings. The third-order valence-electron chi connectivity index (χ3n) is 10.2. The monoisotopic (exact) mass is 708 g/mol. The van der Waals surface area contributed by atoms with E-state index in [1.807, 2.05) is 66.7 Å². The van der Waals surface area contributed by atoms with E-state index in [1.165, 1.54) is 20.2 Å². The van der Waals surface area contributed by atoms with Gasteiger partial charge in [-0.3, -0.25) is 0 Å². The van der Waals surface area contributed by atoms with Crippen molar-refractivity contribution in [2.75, 3.05) is 0 Å². The minimum Gasteiger partial charge on any atom is -0.436 e. The zero-order chi connectivity index (χ0) is 35.6. The van der Waals surface area contributed by atoms with Crippen LogP contribution in [0.3, 0.4) is 0 Å². The second kappa shape index (κ2) is 12.3. The quantitative estimate of drug-likeness (QED) is 0.178. The van der Waals surface area contributed by atoms with E-state index >= 15 is 0 Å². The molecule has 0 saturated heterocycles. The molecule has 3 aromatic heterocycles. The van der Waals surface area contributed by atoms with Gasteiger partial charge in [-0.25, -0.2) is 19.9 Å². The molecular weight excluding hydrogens is 681 g/mol. The average Bonchev–Trinajstić information content (AvgIpc) is 3.85. The number of aromatic nitrogens is 4. The van der Waals surface area contributed by atoms with E-state index in [0.29, 0.717) is 23.4 Å². The van der Waals surface area contributed by atoms with E-state index in [-0.39, 0.29) is 0 Å². The predicted molar refractivity (Wildman–Crippen MR) is 222 cm³/mol. The van der Waals surface area contributed by atoms with Crippen molar-refractivity contribution in [2.45, 2.75) is 0 Å². The smallest absolute Gasteiger partial charge is 0.227 e. The topological polar surface area (TPSA) is 64.7 Å². The molecule has 11 aromatic rings. The first kappa shape index (κ1) is 30.6. The molecule has 0 aliphatic carbocycles. The Morgan fingerprint density at radius 1 is 0.389 bits per heavy atom. The number of thiophene rings is 1. The molecular formula is C48H28N4OS. The molecule has 0 unspecified atom stereocenters. The molecule has 0 saturated carbocycles. The van der Waals surface area contributed by atoms with Gasteiger partial charge in [-0.1, -0.05) is 127 Å². The van der Waals surface area contributed by atoms with E-state index in [1.54, 1.807) is 11.3 Å². The SMILES string of the molecule is c1ccc(-c2nc(-c3ccc4ccccc4c3)nc(-c3ccc(-c4ccc5c(c4)sc4ccc6oc(-c7ccccc7)nc6c45)c4ccccc34)n2)cc1. The van der Waals surface area contributed by atoms with E-state index in [9.17, 15) is 0 Å². The van der Waals surface area contributed by atoms with Crippen LogP contribution >= 0.6 is 11.3 Å². The van der Waals surface area contributed by atoms with E-state index in [2.05, 4.69) is 103 Å². The van der Waals surface area contributed by atoms with Gasteiger partial charge >= 0.3 is 0 Å².